The van der Waals surface area contributed by atoms with Crippen molar-refractivity contribution in [2.24, 2.45) is 5.73 Å². The largest absolute Gasteiger partial charge is 0.508 e. The van der Waals surface area contributed by atoms with E-state index in [1.165, 1.54) is 0 Å². The number of carbonyl (C=O) groups excluding carboxylic acids is 1. The summed E-state index contributed by atoms with van der Waals surface area (Å²) in [7, 11) is 0. The molecule has 0 radical (unpaired) electrons. The summed E-state index contributed by atoms with van der Waals surface area (Å²) < 4.78 is 2.17. The highest BCUT2D eigenvalue weighted by molar-refractivity contribution is 6.02. The third-order valence-electron chi connectivity index (χ3n) is 4.66. The lowest BCUT2D eigenvalue weighted by molar-refractivity contribution is 0.1000. The number of carbonyl (C=O) groups is 1. The van der Waals surface area contributed by atoms with Crippen LogP contribution in [0.25, 0.3) is 11.1 Å². The second-order valence-electron chi connectivity index (χ2n) is 6.43. The smallest absolute Gasteiger partial charge is 0.251 e. The number of amides is 1. The molecule has 0 aliphatic rings. The van der Waals surface area contributed by atoms with E-state index in [0.29, 0.717) is 5.56 Å². The van der Waals surface area contributed by atoms with E-state index >= 15 is 0 Å². The second kappa shape index (κ2) is 7.47. The lowest BCUT2D eigenvalue weighted by atomic mass is 9.98. The van der Waals surface area contributed by atoms with Crippen molar-refractivity contribution in [2.45, 2.75) is 39.7 Å². The molecule has 0 aliphatic carbocycles. The number of aromatic amines is 1. The molecule has 0 aliphatic heterocycles. The number of imidazole rings is 1. The molecule has 136 valence electrons. The van der Waals surface area contributed by atoms with Crippen LogP contribution in [0.2, 0.25) is 0 Å². The van der Waals surface area contributed by atoms with Gasteiger partial charge in [-0.1, -0.05) is 25.5 Å². The third kappa shape index (κ3) is 3.35. The van der Waals surface area contributed by atoms with Crippen LogP contribution in [0.5, 0.6) is 5.75 Å². The summed E-state index contributed by atoms with van der Waals surface area (Å²) in [5, 5.41) is 9.90. The van der Waals surface area contributed by atoms with Crippen molar-refractivity contribution in [2.75, 3.05) is 0 Å². The highest BCUT2D eigenvalue weighted by Gasteiger charge is 2.24. The predicted octanol–water partition coefficient (Wildman–Crippen LogP) is 3.19. The number of nitrogens with two attached hydrogens (primary N) is 1. The van der Waals surface area contributed by atoms with Gasteiger partial charge in [0.2, 0.25) is 0 Å². The maximum atomic E-state index is 12.2. The Morgan fingerprint density at radius 2 is 2.15 bits per heavy atom. The standard InChI is InChI=1S/C20H24N4O2/c1-3-5-17-19(14-6-4-7-16(25)10-14)18(20(21)26)13(2)24(17)9-8-15-11-22-12-23-15/h4,6-7,10-12,25H,3,5,8-9H2,1-2H3,(H2,21,26)(H,22,23). The minimum absolute atomic E-state index is 0.170. The normalized spacial score (nSPS) is 11.0. The maximum absolute atomic E-state index is 12.2. The second-order valence-corrected chi connectivity index (χ2v) is 6.43. The molecule has 0 saturated carbocycles. The molecule has 2 aromatic heterocycles. The Kier molecular flexibility index (Phi) is 5.11. The Balaban J connectivity index is 2.14. The SMILES string of the molecule is CCCc1c(-c2cccc(O)c2)c(C(N)=O)c(C)n1CCc1cnc[nH]1. The minimum Gasteiger partial charge on any atom is -0.508 e. The van der Waals surface area contributed by atoms with Gasteiger partial charge in [-0.3, -0.25) is 4.79 Å². The van der Waals surface area contributed by atoms with E-state index in [1.807, 2.05) is 19.2 Å². The lowest BCUT2D eigenvalue weighted by Crippen LogP contribution is -2.14. The number of aryl methyl sites for hydroxylation is 1. The van der Waals surface area contributed by atoms with Crippen LogP contribution in [-0.4, -0.2) is 25.5 Å². The van der Waals surface area contributed by atoms with Gasteiger partial charge in [-0.25, -0.2) is 4.98 Å². The van der Waals surface area contributed by atoms with Gasteiger partial charge in [0.05, 0.1) is 11.9 Å². The molecule has 26 heavy (non-hydrogen) atoms. The first-order valence-corrected chi connectivity index (χ1v) is 8.81. The number of phenolic OH excluding ortho intramolecular Hbond substituents is 1. The van der Waals surface area contributed by atoms with E-state index < -0.39 is 5.91 Å². The van der Waals surface area contributed by atoms with Crippen LogP contribution in [0.15, 0.2) is 36.8 Å². The molecule has 6 nitrogen and oxygen atoms in total. The van der Waals surface area contributed by atoms with Crippen LogP contribution < -0.4 is 5.73 Å². The molecule has 4 N–H and O–H groups in total. The van der Waals surface area contributed by atoms with Crippen LogP contribution in [-0.2, 0) is 19.4 Å². The van der Waals surface area contributed by atoms with Crippen molar-refractivity contribution in [3.05, 3.63) is 59.4 Å². The molecule has 0 spiro atoms. The molecule has 0 saturated heterocycles. The molecule has 1 amide bonds. The van der Waals surface area contributed by atoms with E-state index in [9.17, 15) is 9.90 Å². The number of aromatic hydroxyl groups is 1. The average molecular weight is 352 g/mol. The number of primary amides is 1. The van der Waals surface area contributed by atoms with Gasteiger partial charge in [-0.15, -0.1) is 0 Å². The fourth-order valence-electron chi connectivity index (χ4n) is 3.52. The van der Waals surface area contributed by atoms with Gasteiger partial charge < -0.3 is 20.4 Å². The van der Waals surface area contributed by atoms with Crippen LogP contribution >= 0.6 is 0 Å². The van der Waals surface area contributed by atoms with Crippen molar-refractivity contribution < 1.29 is 9.90 Å². The van der Waals surface area contributed by atoms with Crippen molar-refractivity contribution >= 4 is 5.91 Å². The van der Waals surface area contributed by atoms with E-state index in [1.54, 1.807) is 24.5 Å². The molecule has 0 atom stereocenters. The fraction of sp³-hybridized carbons (Fsp3) is 0.300. The Hall–Kier alpha value is -3.02. The quantitative estimate of drug-likeness (QED) is 0.609. The summed E-state index contributed by atoms with van der Waals surface area (Å²) in [4.78, 5) is 19.4. The van der Waals surface area contributed by atoms with Crippen molar-refractivity contribution in [3.8, 4) is 16.9 Å². The Morgan fingerprint density at radius 1 is 1.35 bits per heavy atom. The van der Waals surface area contributed by atoms with Crippen molar-refractivity contribution in [3.63, 3.8) is 0 Å². The molecule has 2 heterocycles. The number of hydrogen-bond acceptors (Lipinski definition) is 3. The number of hydrogen-bond donors (Lipinski definition) is 3. The van der Waals surface area contributed by atoms with Gasteiger partial charge in [0.1, 0.15) is 5.75 Å². The highest BCUT2D eigenvalue weighted by atomic mass is 16.3. The Morgan fingerprint density at radius 3 is 2.77 bits per heavy atom. The highest BCUT2D eigenvalue weighted by Crippen LogP contribution is 2.35. The zero-order valence-electron chi connectivity index (χ0n) is 15.1. The molecular formula is C20H24N4O2. The number of H-pyrrole nitrogens is 1. The maximum Gasteiger partial charge on any atom is 0.251 e. The average Bonchev–Trinajstić information content (AvgIpc) is 3.20. The third-order valence-corrected chi connectivity index (χ3v) is 4.66. The Labute approximate surface area is 152 Å². The van der Waals surface area contributed by atoms with Crippen LogP contribution in [0.3, 0.4) is 0 Å². The lowest BCUT2D eigenvalue weighted by Gasteiger charge is -2.12. The molecule has 0 unspecified atom stereocenters. The van der Waals surface area contributed by atoms with Gasteiger partial charge in [0.15, 0.2) is 0 Å². The topological polar surface area (TPSA) is 96.9 Å². The first kappa shape index (κ1) is 17.8. The van der Waals surface area contributed by atoms with Gasteiger partial charge in [0, 0.05) is 41.8 Å². The van der Waals surface area contributed by atoms with Gasteiger partial charge in [-0.2, -0.15) is 0 Å². The number of phenols is 1. The summed E-state index contributed by atoms with van der Waals surface area (Å²) in [5.41, 5.74) is 10.9. The monoisotopic (exact) mass is 352 g/mol. The summed E-state index contributed by atoms with van der Waals surface area (Å²) >= 11 is 0. The van der Waals surface area contributed by atoms with E-state index in [-0.39, 0.29) is 5.75 Å². The number of nitrogens with one attached hydrogen (secondary N) is 1. The summed E-state index contributed by atoms with van der Waals surface area (Å²) in [6.07, 6.45) is 6.02. The molecular weight excluding hydrogens is 328 g/mol. The molecule has 3 aromatic rings. The molecule has 1 aromatic carbocycles. The number of aromatic nitrogens is 3. The van der Waals surface area contributed by atoms with Crippen molar-refractivity contribution in [1.29, 1.82) is 0 Å². The first-order chi connectivity index (χ1) is 12.5. The minimum atomic E-state index is -0.446. The van der Waals surface area contributed by atoms with Gasteiger partial charge in [0.25, 0.3) is 5.91 Å². The van der Waals surface area contributed by atoms with Crippen LogP contribution in [0.1, 0.15) is 40.8 Å². The summed E-state index contributed by atoms with van der Waals surface area (Å²) in [6.45, 7) is 4.76. The van der Waals surface area contributed by atoms with Crippen LogP contribution in [0.4, 0.5) is 0 Å². The Bertz CT molecular complexity index is 910. The first-order valence-electron chi connectivity index (χ1n) is 8.81. The number of rotatable bonds is 7. The molecule has 3 rings (SSSR count). The molecule has 6 heteroatoms. The van der Waals surface area contributed by atoms with Gasteiger partial charge in [-0.05, 0) is 31.0 Å². The number of nitrogens with zero attached hydrogens (tertiary/aromatic N) is 2. The zero-order valence-corrected chi connectivity index (χ0v) is 15.1. The van der Waals surface area contributed by atoms with Crippen LogP contribution in [0, 0.1) is 6.92 Å². The van der Waals surface area contributed by atoms with E-state index in [4.69, 9.17) is 5.73 Å². The fourth-order valence-corrected chi connectivity index (χ4v) is 3.52. The zero-order chi connectivity index (χ0) is 18.7. The van der Waals surface area contributed by atoms with Gasteiger partial charge >= 0.3 is 0 Å². The summed E-state index contributed by atoms with van der Waals surface area (Å²) in [5.74, 6) is -0.276. The molecule has 0 bridgehead atoms. The van der Waals surface area contributed by atoms with Crippen molar-refractivity contribution in [1.82, 2.24) is 14.5 Å². The van der Waals surface area contributed by atoms with E-state index in [2.05, 4.69) is 21.5 Å². The molecule has 0 fully saturated rings. The predicted molar refractivity (Wildman–Crippen MR) is 101 cm³/mol. The summed E-state index contributed by atoms with van der Waals surface area (Å²) in [6, 6.07) is 6.98. The number of benzene rings is 1. The van der Waals surface area contributed by atoms with E-state index in [0.717, 1.165) is 54.0 Å².